The van der Waals surface area contributed by atoms with Crippen molar-refractivity contribution in [3.63, 3.8) is 0 Å². The highest BCUT2D eigenvalue weighted by Crippen LogP contribution is 2.16. The van der Waals surface area contributed by atoms with Gasteiger partial charge in [0.15, 0.2) is 6.61 Å². The number of aryl methyl sites for hydroxylation is 2. The number of amides is 3. The minimum absolute atomic E-state index is 0.0242. The van der Waals surface area contributed by atoms with E-state index in [1.165, 1.54) is 5.56 Å². The molecule has 0 spiro atoms. The summed E-state index contributed by atoms with van der Waals surface area (Å²) in [6, 6.07) is 14.6. The molecule has 3 rings (SSSR count). The van der Waals surface area contributed by atoms with Crippen LogP contribution >= 0.6 is 0 Å². The van der Waals surface area contributed by atoms with Gasteiger partial charge in [-0.05, 0) is 55.7 Å². The highest BCUT2D eigenvalue weighted by atomic mass is 16.5. The van der Waals surface area contributed by atoms with Crippen molar-refractivity contribution in [2.75, 3.05) is 39.3 Å². The lowest BCUT2D eigenvalue weighted by Gasteiger charge is -2.22. The molecule has 1 heterocycles. The third kappa shape index (κ3) is 6.31. The average molecular weight is 424 g/mol. The number of benzene rings is 2. The Morgan fingerprint density at radius 3 is 2.23 bits per heavy atom. The van der Waals surface area contributed by atoms with Gasteiger partial charge in [-0.25, -0.2) is 0 Å². The summed E-state index contributed by atoms with van der Waals surface area (Å²) < 4.78 is 5.66. The van der Waals surface area contributed by atoms with Crippen LogP contribution < -0.4 is 10.1 Å². The monoisotopic (exact) mass is 423 g/mol. The number of carbonyl (C=O) groups excluding carboxylic acids is 3. The van der Waals surface area contributed by atoms with E-state index in [1.807, 2.05) is 38.1 Å². The van der Waals surface area contributed by atoms with Crippen LogP contribution in [0.15, 0.2) is 48.5 Å². The fourth-order valence-electron chi connectivity index (χ4n) is 3.42. The average Bonchev–Trinajstić information content (AvgIpc) is 3.05. The van der Waals surface area contributed by atoms with E-state index in [0.29, 0.717) is 43.9 Å². The summed E-state index contributed by atoms with van der Waals surface area (Å²) in [5.41, 5.74) is 2.82. The van der Waals surface area contributed by atoms with Gasteiger partial charge in [-0.3, -0.25) is 14.4 Å². The smallest absolute Gasteiger partial charge is 0.260 e. The van der Waals surface area contributed by atoms with Crippen LogP contribution in [-0.2, 0) is 9.59 Å². The van der Waals surface area contributed by atoms with Gasteiger partial charge in [0.25, 0.3) is 11.8 Å². The van der Waals surface area contributed by atoms with E-state index >= 15 is 0 Å². The van der Waals surface area contributed by atoms with Crippen LogP contribution in [0.3, 0.4) is 0 Å². The Hall–Kier alpha value is -3.35. The van der Waals surface area contributed by atoms with Gasteiger partial charge in [-0.15, -0.1) is 0 Å². The number of carbonyl (C=O) groups is 3. The summed E-state index contributed by atoms with van der Waals surface area (Å²) in [4.78, 5) is 40.6. The number of hydrogen-bond donors (Lipinski definition) is 1. The summed E-state index contributed by atoms with van der Waals surface area (Å²) >= 11 is 0. The van der Waals surface area contributed by atoms with Crippen LogP contribution in [0.4, 0.5) is 0 Å². The molecule has 31 heavy (non-hydrogen) atoms. The van der Waals surface area contributed by atoms with E-state index in [9.17, 15) is 14.4 Å². The summed E-state index contributed by atoms with van der Waals surface area (Å²) in [6.07, 6.45) is 0.688. The molecule has 3 amide bonds. The van der Waals surface area contributed by atoms with E-state index in [4.69, 9.17) is 4.74 Å². The first-order valence-electron chi connectivity index (χ1n) is 10.5. The lowest BCUT2D eigenvalue weighted by molar-refractivity contribution is -0.134. The van der Waals surface area contributed by atoms with Crippen molar-refractivity contribution in [1.82, 2.24) is 15.1 Å². The van der Waals surface area contributed by atoms with Gasteiger partial charge in [0.05, 0.1) is 6.54 Å². The fraction of sp³-hybridized carbons (Fsp3) is 0.375. The number of nitrogens with one attached hydrogen (secondary N) is 1. The maximum Gasteiger partial charge on any atom is 0.260 e. The number of ether oxygens (including phenoxy) is 1. The van der Waals surface area contributed by atoms with Crippen LogP contribution in [-0.4, -0.2) is 66.9 Å². The zero-order chi connectivity index (χ0) is 22.2. The molecule has 2 aromatic rings. The van der Waals surface area contributed by atoms with Crippen molar-refractivity contribution < 1.29 is 19.1 Å². The Bertz CT molecular complexity index is 930. The normalized spacial score (nSPS) is 14.0. The van der Waals surface area contributed by atoms with E-state index in [0.717, 1.165) is 5.56 Å². The van der Waals surface area contributed by atoms with Gasteiger partial charge in [-0.2, -0.15) is 0 Å². The zero-order valence-electron chi connectivity index (χ0n) is 18.1. The summed E-state index contributed by atoms with van der Waals surface area (Å²) in [5, 5.41) is 2.67. The molecule has 0 saturated carbocycles. The molecule has 7 nitrogen and oxygen atoms in total. The Kier molecular flexibility index (Phi) is 7.65. The minimum Gasteiger partial charge on any atom is -0.484 e. The molecular formula is C24H29N3O4. The Morgan fingerprint density at radius 1 is 0.871 bits per heavy atom. The predicted molar refractivity (Wildman–Crippen MR) is 118 cm³/mol. The second-order valence-electron chi connectivity index (χ2n) is 7.70. The van der Waals surface area contributed by atoms with E-state index in [2.05, 4.69) is 5.32 Å². The molecule has 1 saturated heterocycles. The lowest BCUT2D eigenvalue weighted by atomic mass is 10.1. The van der Waals surface area contributed by atoms with Gasteiger partial charge in [0.2, 0.25) is 5.91 Å². The molecular weight excluding hydrogens is 394 g/mol. The van der Waals surface area contributed by atoms with E-state index in [1.54, 1.807) is 34.1 Å². The Balaban J connectivity index is 1.44. The third-order valence-electron chi connectivity index (χ3n) is 5.48. The van der Waals surface area contributed by atoms with Crippen molar-refractivity contribution in [2.24, 2.45) is 0 Å². The maximum absolute atomic E-state index is 12.6. The van der Waals surface area contributed by atoms with E-state index in [-0.39, 0.29) is 30.9 Å². The predicted octanol–water partition coefficient (Wildman–Crippen LogP) is 2.17. The van der Waals surface area contributed by atoms with Crippen LogP contribution in [0, 0.1) is 13.8 Å². The highest BCUT2D eigenvalue weighted by Gasteiger charge is 2.22. The van der Waals surface area contributed by atoms with Crippen molar-refractivity contribution in [3.05, 3.63) is 65.2 Å². The van der Waals surface area contributed by atoms with Crippen molar-refractivity contribution in [2.45, 2.75) is 20.3 Å². The summed E-state index contributed by atoms with van der Waals surface area (Å²) in [7, 11) is 0. The van der Waals surface area contributed by atoms with Gasteiger partial charge >= 0.3 is 0 Å². The van der Waals surface area contributed by atoms with Gasteiger partial charge in [0, 0.05) is 31.7 Å². The first kappa shape index (κ1) is 22.3. The molecule has 1 aliphatic rings. The second kappa shape index (κ2) is 10.6. The van der Waals surface area contributed by atoms with Crippen LogP contribution in [0.2, 0.25) is 0 Å². The maximum atomic E-state index is 12.6. The quantitative estimate of drug-likeness (QED) is 0.772. The molecule has 1 N–H and O–H groups in total. The van der Waals surface area contributed by atoms with Crippen LogP contribution in [0.25, 0.3) is 0 Å². The largest absolute Gasteiger partial charge is 0.484 e. The van der Waals surface area contributed by atoms with E-state index < -0.39 is 0 Å². The van der Waals surface area contributed by atoms with Crippen LogP contribution in [0.1, 0.15) is 27.9 Å². The molecule has 0 atom stereocenters. The van der Waals surface area contributed by atoms with Gasteiger partial charge in [0.1, 0.15) is 5.75 Å². The van der Waals surface area contributed by atoms with Crippen molar-refractivity contribution in [3.8, 4) is 5.75 Å². The molecule has 0 aliphatic carbocycles. The molecule has 2 aromatic carbocycles. The number of hydrogen-bond acceptors (Lipinski definition) is 4. The van der Waals surface area contributed by atoms with Crippen molar-refractivity contribution in [1.29, 1.82) is 0 Å². The molecule has 1 fully saturated rings. The number of nitrogens with zero attached hydrogens (tertiary/aromatic N) is 2. The summed E-state index contributed by atoms with van der Waals surface area (Å²) in [6.45, 7) is 5.98. The molecule has 7 heteroatoms. The molecule has 0 radical (unpaired) electrons. The zero-order valence-corrected chi connectivity index (χ0v) is 18.1. The van der Waals surface area contributed by atoms with Crippen molar-refractivity contribution >= 4 is 17.7 Å². The van der Waals surface area contributed by atoms with Gasteiger partial charge < -0.3 is 19.9 Å². The Morgan fingerprint density at radius 2 is 1.55 bits per heavy atom. The second-order valence-corrected chi connectivity index (χ2v) is 7.70. The van der Waals surface area contributed by atoms with Crippen LogP contribution in [0.5, 0.6) is 5.75 Å². The molecule has 164 valence electrons. The molecule has 0 unspecified atom stereocenters. The highest BCUT2D eigenvalue weighted by molar-refractivity contribution is 5.96. The first-order valence-corrected chi connectivity index (χ1v) is 10.5. The third-order valence-corrected chi connectivity index (χ3v) is 5.48. The van der Waals surface area contributed by atoms with Gasteiger partial charge in [-0.1, -0.05) is 24.3 Å². The molecule has 1 aliphatic heterocycles. The topological polar surface area (TPSA) is 79.0 Å². The fourth-order valence-corrected chi connectivity index (χ4v) is 3.42. The number of rotatable bonds is 6. The molecule has 0 aromatic heterocycles. The Labute approximate surface area is 183 Å². The first-order chi connectivity index (χ1) is 14.9. The minimum atomic E-state index is -0.274. The molecule has 0 bridgehead atoms. The summed E-state index contributed by atoms with van der Waals surface area (Å²) in [5.74, 6) is 0.163. The lowest BCUT2D eigenvalue weighted by Crippen LogP contribution is -2.43. The SMILES string of the molecule is Cc1ccc(OCC(=O)N2CCCN(C(=O)CNC(=O)c3ccccc3)CC2)cc1C. The standard InChI is InChI=1S/C24H29N3O4/c1-18-9-10-21(15-19(18)2)31-17-23(29)27-12-6-11-26(13-14-27)22(28)16-25-24(30)20-7-4-3-5-8-20/h3-5,7-10,15H,6,11-14,16-17H2,1-2H3,(H,25,30).